The van der Waals surface area contributed by atoms with E-state index in [-0.39, 0.29) is 5.82 Å². The van der Waals surface area contributed by atoms with Crippen molar-refractivity contribution in [1.82, 2.24) is 5.32 Å². The minimum atomic E-state index is -0.688. The van der Waals surface area contributed by atoms with Gasteiger partial charge in [0.1, 0.15) is 5.82 Å². The molecule has 1 heterocycles. The Balaban J connectivity index is 1.82. The maximum atomic E-state index is 13.3. The van der Waals surface area contributed by atoms with Crippen LogP contribution in [-0.2, 0) is 11.3 Å². The highest BCUT2D eigenvalue weighted by molar-refractivity contribution is 9.10. The Morgan fingerprint density at radius 1 is 1.39 bits per heavy atom. The van der Waals surface area contributed by atoms with Crippen molar-refractivity contribution in [3.8, 4) is 0 Å². The Hall–Kier alpha value is -0.490. The number of aliphatic hydroxyl groups is 1. The summed E-state index contributed by atoms with van der Waals surface area (Å²) in [5.41, 5.74) is 0.179. The quantitative estimate of drug-likeness (QED) is 0.894. The van der Waals surface area contributed by atoms with E-state index < -0.39 is 5.60 Å². The van der Waals surface area contributed by atoms with Crippen molar-refractivity contribution in [2.45, 2.75) is 25.0 Å². The van der Waals surface area contributed by atoms with Gasteiger partial charge in [-0.25, -0.2) is 4.39 Å². The van der Waals surface area contributed by atoms with Gasteiger partial charge in [0.2, 0.25) is 0 Å². The van der Waals surface area contributed by atoms with E-state index >= 15 is 0 Å². The van der Waals surface area contributed by atoms with Crippen molar-refractivity contribution in [1.29, 1.82) is 0 Å². The van der Waals surface area contributed by atoms with E-state index in [1.165, 1.54) is 6.07 Å². The lowest BCUT2D eigenvalue weighted by Gasteiger charge is -2.32. The summed E-state index contributed by atoms with van der Waals surface area (Å²) in [5.74, 6) is -0.265. The molecule has 0 spiro atoms. The van der Waals surface area contributed by atoms with Crippen LogP contribution in [0.4, 0.5) is 4.39 Å². The van der Waals surface area contributed by atoms with Crippen molar-refractivity contribution in [2.75, 3.05) is 19.8 Å². The van der Waals surface area contributed by atoms with E-state index in [2.05, 4.69) is 21.2 Å². The lowest BCUT2D eigenvalue weighted by atomic mass is 9.94. The smallest absolute Gasteiger partial charge is 0.137 e. The Morgan fingerprint density at radius 2 is 2.11 bits per heavy atom. The number of rotatable bonds is 4. The SMILES string of the molecule is OC1(CNCc2ccc(Br)c(F)c2)CCOCC1. The van der Waals surface area contributed by atoms with Crippen molar-refractivity contribution in [3.63, 3.8) is 0 Å². The molecule has 2 rings (SSSR count). The van der Waals surface area contributed by atoms with Crippen molar-refractivity contribution in [3.05, 3.63) is 34.1 Å². The highest BCUT2D eigenvalue weighted by Crippen LogP contribution is 2.20. The minimum absolute atomic E-state index is 0.265. The molecule has 0 saturated carbocycles. The van der Waals surface area contributed by atoms with E-state index in [9.17, 15) is 9.50 Å². The van der Waals surface area contributed by atoms with Crippen LogP contribution in [0.25, 0.3) is 0 Å². The number of hydrogen-bond donors (Lipinski definition) is 2. The fourth-order valence-electron chi connectivity index (χ4n) is 2.02. The first-order valence-corrected chi connectivity index (χ1v) is 6.83. The van der Waals surface area contributed by atoms with Crippen molar-refractivity contribution >= 4 is 15.9 Å². The first kappa shape index (κ1) is 13.9. The number of halogens is 2. The third kappa shape index (κ3) is 3.75. The second kappa shape index (κ2) is 6.10. The molecule has 3 nitrogen and oxygen atoms in total. The van der Waals surface area contributed by atoms with Gasteiger partial charge in [0, 0.05) is 39.1 Å². The van der Waals surface area contributed by atoms with Crippen molar-refractivity contribution < 1.29 is 14.2 Å². The van der Waals surface area contributed by atoms with Crippen LogP contribution < -0.4 is 5.32 Å². The van der Waals surface area contributed by atoms with Crippen LogP contribution in [0.15, 0.2) is 22.7 Å². The van der Waals surface area contributed by atoms with Gasteiger partial charge >= 0.3 is 0 Å². The second-order valence-corrected chi connectivity index (χ2v) is 5.54. The first-order chi connectivity index (χ1) is 8.59. The molecule has 18 heavy (non-hydrogen) atoms. The summed E-state index contributed by atoms with van der Waals surface area (Å²) < 4.78 is 19.0. The summed E-state index contributed by atoms with van der Waals surface area (Å²) in [7, 11) is 0. The van der Waals surface area contributed by atoms with Crippen LogP contribution in [0.3, 0.4) is 0 Å². The lowest BCUT2D eigenvalue weighted by molar-refractivity contribution is -0.0617. The molecule has 100 valence electrons. The number of ether oxygens (including phenoxy) is 1. The summed E-state index contributed by atoms with van der Waals surface area (Å²) in [6, 6.07) is 5.04. The van der Waals surface area contributed by atoms with Crippen molar-refractivity contribution in [2.24, 2.45) is 0 Å². The van der Waals surface area contributed by atoms with Crippen LogP contribution in [0.1, 0.15) is 18.4 Å². The molecule has 5 heteroatoms. The van der Waals surface area contributed by atoms with Gasteiger partial charge in [-0.3, -0.25) is 0 Å². The summed E-state index contributed by atoms with van der Waals surface area (Å²) in [6.45, 7) is 2.26. The van der Waals surface area contributed by atoms with E-state index in [1.54, 1.807) is 6.07 Å². The van der Waals surface area contributed by atoms with Crippen LogP contribution in [0, 0.1) is 5.82 Å². The maximum Gasteiger partial charge on any atom is 0.137 e. The average Bonchev–Trinajstić information content (AvgIpc) is 2.34. The van der Waals surface area contributed by atoms with Gasteiger partial charge in [-0.15, -0.1) is 0 Å². The molecular formula is C13H17BrFNO2. The highest BCUT2D eigenvalue weighted by atomic mass is 79.9. The van der Waals surface area contributed by atoms with Crippen LogP contribution >= 0.6 is 15.9 Å². The number of benzene rings is 1. The van der Waals surface area contributed by atoms with Gasteiger partial charge in [0.05, 0.1) is 10.1 Å². The largest absolute Gasteiger partial charge is 0.388 e. The molecule has 1 aromatic carbocycles. The first-order valence-electron chi connectivity index (χ1n) is 6.04. The molecule has 0 bridgehead atoms. The van der Waals surface area contributed by atoms with E-state index in [1.807, 2.05) is 6.07 Å². The molecule has 0 aliphatic carbocycles. The monoisotopic (exact) mass is 317 g/mol. The third-order valence-corrected chi connectivity index (χ3v) is 3.83. The normalized spacial score (nSPS) is 18.8. The minimum Gasteiger partial charge on any atom is -0.388 e. The summed E-state index contributed by atoms with van der Waals surface area (Å²) in [4.78, 5) is 0. The number of nitrogens with one attached hydrogen (secondary N) is 1. The van der Waals surface area contributed by atoms with Crippen LogP contribution in [0.5, 0.6) is 0 Å². The van der Waals surface area contributed by atoms with Gasteiger partial charge in [-0.1, -0.05) is 6.07 Å². The third-order valence-electron chi connectivity index (χ3n) is 3.19. The summed E-state index contributed by atoms with van der Waals surface area (Å²) in [6.07, 6.45) is 1.30. The molecule has 1 aliphatic heterocycles. The van der Waals surface area contributed by atoms with Gasteiger partial charge in [-0.2, -0.15) is 0 Å². The fraction of sp³-hybridized carbons (Fsp3) is 0.538. The molecule has 1 aliphatic rings. The Kier molecular flexibility index (Phi) is 4.72. The summed E-state index contributed by atoms with van der Waals surface area (Å²) >= 11 is 3.12. The molecule has 0 unspecified atom stereocenters. The Labute approximate surface area is 114 Å². The van der Waals surface area contributed by atoms with Gasteiger partial charge < -0.3 is 15.2 Å². The molecule has 0 atom stereocenters. The molecular weight excluding hydrogens is 301 g/mol. The maximum absolute atomic E-state index is 13.3. The molecule has 1 aromatic rings. The second-order valence-electron chi connectivity index (χ2n) is 4.69. The molecule has 1 fully saturated rings. The molecule has 0 radical (unpaired) electrons. The fourth-order valence-corrected chi connectivity index (χ4v) is 2.26. The lowest BCUT2D eigenvalue weighted by Crippen LogP contribution is -2.44. The summed E-state index contributed by atoms with van der Waals surface area (Å²) in [5, 5.41) is 13.4. The van der Waals surface area contributed by atoms with E-state index in [0.29, 0.717) is 43.6 Å². The van der Waals surface area contributed by atoms with E-state index in [0.717, 1.165) is 5.56 Å². The average molecular weight is 318 g/mol. The van der Waals surface area contributed by atoms with Gasteiger partial charge in [0.15, 0.2) is 0 Å². The predicted molar refractivity (Wildman–Crippen MR) is 70.8 cm³/mol. The number of hydrogen-bond acceptors (Lipinski definition) is 3. The zero-order valence-corrected chi connectivity index (χ0v) is 11.7. The standard InChI is InChI=1S/C13H17BrFNO2/c14-11-2-1-10(7-12(11)15)8-16-9-13(17)3-5-18-6-4-13/h1-2,7,16-17H,3-6,8-9H2. The topological polar surface area (TPSA) is 41.5 Å². The Morgan fingerprint density at radius 3 is 2.78 bits per heavy atom. The van der Waals surface area contributed by atoms with Gasteiger partial charge in [0.25, 0.3) is 0 Å². The highest BCUT2D eigenvalue weighted by Gasteiger charge is 2.28. The molecule has 0 aromatic heterocycles. The van der Waals surface area contributed by atoms with Gasteiger partial charge in [-0.05, 0) is 33.6 Å². The molecule has 0 amide bonds. The predicted octanol–water partition coefficient (Wildman–Crippen LogP) is 2.22. The zero-order chi connectivity index (χ0) is 13.0. The zero-order valence-electron chi connectivity index (χ0n) is 10.1. The van der Waals surface area contributed by atoms with E-state index in [4.69, 9.17) is 4.74 Å². The van der Waals surface area contributed by atoms with Crippen LogP contribution in [-0.4, -0.2) is 30.5 Å². The molecule has 1 saturated heterocycles. The molecule has 2 N–H and O–H groups in total. The van der Waals surface area contributed by atoms with Crippen LogP contribution in [0.2, 0.25) is 0 Å². The Bertz CT molecular complexity index is 408.